The molecule has 0 spiro atoms. The lowest BCUT2D eigenvalue weighted by atomic mass is 10.1. The number of nitrogens with zero attached hydrogens (tertiary/aromatic N) is 1. The van der Waals surface area contributed by atoms with E-state index in [1.807, 2.05) is 31.2 Å². The maximum atomic E-state index is 12.1. The number of carboxylic acid groups (broad SMARTS) is 1. The highest BCUT2D eigenvalue weighted by molar-refractivity contribution is 5.94. The molecule has 3 amide bonds. The smallest absolute Gasteiger partial charge is 0.317 e. The van der Waals surface area contributed by atoms with Gasteiger partial charge in [-0.3, -0.25) is 9.59 Å². The van der Waals surface area contributed by atoms with Gasteiger partial charge in [-0.05, 0) is 37.5 Å². The Morgan fingerprint density at radius 3 is 2.32 bits per heavy atom. The number of carbonyl (C=O) groups is 3. The number of aliphatic carboxylic acids is 1. The van der Waals surface area contributed by atoms with E-state index in [0.29, 0.717) is 0 Å². The molecule has 136 valence electrons. The number of urea groups is 1. The summed E-state index contributed by atoms with van der Waals surface area (Å²) < 4.78 is 0. The summed E-state index contributed by atoms with van der Waals surface area (Å²) in [5.74, 6) is -1.35. The molecule has 1 aromatic rings. The zero-order valence-corrected chi connectivity index (χ0v) is 14.8. The maximum absolute atomic E-state index is 12.1. The summed E-state index contributed by atoms with van der Waals surface area (Å²) in [6.45, 7) is 3.55. The van der Waals surface area contributed by atoms with E-state index in [1.54, 1.807) is 14.0 Å². The van der Waals surface area contributed by atoms with E-state index in [0.717, 1.165) is 24.1 Å². The Bertz CT molecular complexity index is 640. The molecular weight excluding hydrogens is 322 g/mol. The van der Waals surface area contributed by atoms with Gasteiger partial charge in [-0.2, -0.15) is 0 Å². The van der Waals surface area contributed by atoms with E-state index >= 15 is 0 Å². The van der Waals surface area contributed by atoms with Crippen molar-refractivity contribution in [2.24, 2.45) is 11.8 Å². The fourth-order valence-corrected chi connectivity index (χ4v) is 2.40. The van der Waals surface area contributed by atoms with Gasteiger partial charge in [-0.25, -0.2) is 4.79 Å². The van der Waals surface area contributed by atoms with Crippen molar-refractivity contribution in [1.29, 1.82) is 0 Å². The van der Waals surface area contributed by atoms with Gasteiger partial charge in [-0.15, -0.1) is 0 Å². The fraction of sp³-hybridized carbons (Fsp3) is 0.500. The average Bonchev–Trinajstić information content (AvgIpc) is 3.40. The van der Waals surface area contributed by atoms with Crippen LogP contribution in [0.2, 0.25) is 0 Å². The van der Waals surface area contributed by atoms with Gasteiger partial charge >= 0.3 is 12.0 Å². The summed E-state index contributed by atoms with van der Waals surface area (Å²) in [5, 5.41) is 14.6. The van der Waals surface area contributed by atoms with Gasteiger partial charge in [0.25, 0.3) is 0 Å². The molecule has 0 aliphatic heterocycles. The molecule has 1 aliphatic carbocycles. The third-order valence-electron chi connectivity index (χ3n) is 4.28. The van der Waals surface area contributed by atoms with Crippen LogP contribution < -0.4 is 10.6 Å². The topological polar surface area (TPSA) is 98.7 Å². The van der Waals surface area contributed by atoms with Gasteiger partial charge in [0.15, 0.2) is 0 Å². The Morgan fingerprint density at radius 2 is 1.80 bits per heavy atom. The lowest BCUT2D eigenvalue weighted by Gasteiger charge is -2.23. The molecule has 3 N–H and O–H groups in total. The van der Waals surface area contributed by atoms with Crippen molar-refractivity contribution in [3.63, 3.8) is 0 Å². The molecule has 1 aliphatic rings. The van der Waals surface area contributed by atoms with Crippen molar-refractivity contribution in [1.82, 2.24) is 10.2 Å². The molecule has 2 rings (SSSR count). The Balaban J connectivity index is 1.86. The number of carboxylic acids is 1. The van der Waals surface area contributed by atoms with Crippen LogP contribution in [0.3, 0.4) is 0 Å². The Kier molecular flexibility index (Phi) is 6.01. The minimum atomic E-state index is -0.934. The van der Waals surface area contributed by atoms with Crippen LogP contribution in [0.1, 0.15) is 38.3 Å². The van der Waals surface area contributed by atoms with Crippen molar-refractivity contribution >= 4 is 23.6 Å². The normalized spacial score (nSPS) is 15.8. The van der Waals surface area contributed by atoms with Crippen LogP contribution in [-0.4, -0.2) is 41.5 Å². The Hall–Kier alpha value is -2.57. The van der Waals surface area contributed by atoms with Crippen LogP contribution in [0.5, 0.6) is 0 Å². The second-order valence-corrected chi connectivity index (χ2v) is 6.68. The summed E-state index contributed by atoms with van der Waals surface area (Å²) >= 11 is 0. The zero-order chi connectivity index (χ0) is 18.6. The standard InChI is InChI=1S/C18H25N3O4/c1-11(17(23)24)10-21(3)18(25)19-12(2)13-6-8-15(9-7-13)20-16(22)14-4-5-14/h6-9,11-12,14H,4-5,10H2,1-3H3,(H,19,25)(H,20,22)(H,23,24). The molecule has 25 heavy (non-hydrogen) atoms. The monoisotopic (exact) mass is 347 g/mol. The fourth-order valence-electron chi connectivity index (χ4n) is 2.40. The van der Waals surface area contributed by atoms with Crippen molar-refractivity contribution in [2.75, 3.05) is 18.9 Å². The van der Waals surface area contributed by atoms with Crippen LogP contribution >= 0.6 is 0 Å². The first-order chi connectivity index (χ1) is 11.8. The molecule has 2 unspecified atom stereocenters. The number of rotatable bonds is 7. The van der Waals surface area contributed by atoms with E-state index in [9.17, 15) is 14.4 Å². The van der Waals surface area contributed by atoms with Crippen LogP contribution in [0, 0.1) is 11.8 Å². The number of hydrogen-bond acceptors (Lipinski definition) is 3. The Morgan fingerprint density at radius 1 is 1.20 bits per heavy atom. The van der Waals surface area contributed by atoms with Gasteiger partial charge in [0.1, 0.15) is 0 Å². The second kappa shape index (κ2) is 8.00. The van der Waals surface area contributed by atoms with Crippen molar-refractivity contribution in [3.8, 4) is 0 Å². The highest BCUT2D eigenvalue weighted by Gasteiger charge is 2.29. The van der Waals surface area contributed by atoms with Crippen LogP contribution in [0.15, 0.2) is 24.3 Å². The van der Waals surface area contributed by atoms with Gasteiger partial charge in [0, 0.05) is 25.2 Å². The molecule has 1 fully saturated rings. The first kappa shape index (κ1) is 18.8. The summed E-state index contributed by atoms with van der Waals surface area (Å²) in [6.07, 6.45) is 1.92. The molecule has 0 bridgehead atoms. The molecule has 2 atom stereocenters. The predicted molar refractivity (Wildman–Crippen MR) is 94.2 cm³/mol. The van der Waals surface area contributed by atoms with Crippen LogP contribution in [0.25, 0.3) is 0 Å². The number of nitrogens with one attached hydrogen (secondary N) is 2. The first-order valence-electron chi connectivity index (χ1n) is 8.43. The summed E-state index contributed by atoms with van der Waals surface area (Å²) in [4.78, 5) is 36.1. The average molecular weight is 347 g/mol. The number of carbonyl (C=O) groups excluding carboxylic acids is 2. The Labute approximate surface area is 147 Å². The summed E-state index contributed by atoms with van der Waals surface area (Å²) in [7, 11) is 1.57. The maximum Gasteiger partial charge on any atom is 0.317 e. The summed E-state index contributed by atoms with van der Waals surface area (Å²) in [5.41, 5.74) is 1.64. The predicted octanol–water partition coefficient (Wildman–Crippen LogP) is 2.46. The second-order valence-electron chi connectivity index (χ2n) is 6.68. The quantitative estimate of drug-likeness (QED) is 0.705. The lowest BCUT2D eigenvalue weighted by molar-refractivity contribution is -0.141. The molecule has 1 aromatic carbocycles. The molecule has 7 nitrogen and oxygen atoms in total. The largest absolute Gasteiger partial charge is 0.481 e. The third kappa shape index (κ3) is 5.48. The van der Waals surface area contributed by atoms with E-state index < -0.39 is 11.9 Å². The highest BCUT2D eigenvalue weighted by atomic mass is 16.4. The minimum absolute atomic E-state index is 0.0586. The van der Waals surface area contributed by atoms with E-state index in [-0.39, 0.29) is 30.4 Å². The van der Waals surface area contributed by atoms with Crippen molar-refractivity contribution < 1.29 is 19.5 Å². The van der Waals surface area contributed by atoms with Gasteiger partial charge < -0.3 is 20.6 Å². The molecular formula is C18H25N3O4. The van der Waals surface area contributed by atoms with Crippen molar-refractivity contribution in [2.45, 2.75) is 32.7 Å². The van der Waals surface area contributed by atoms with Crippen LogP contribution in [0.4, 0.5) is 10.5 Å². The molecule has 7 heteroatoms. The highest BCUT2D eigenvalue weighted by Crippen LogP contribution is 2.30. The SMILES string of the molecule is CC(CN(C)C(=O)NC(C)c1ccc(NC(=O)C2CC2)cc1)C(=O)O. The molecule has 1 saturated carbocycles. The number of anilines is 1. The summed E-state index contributed by atoms with van der Waals surface area (Å²) in [6, 6.07) is 6.78. The lowest BCUT2D eigenvalue weighted by Crippen LogP contribution is -2.41. The first-order valence-corrected chi connectivity index (χ1v) is 8.43. The molecule has 0 aromatic heterocycles. The molecule has 0 heterocycles. The number of hydrogen-bond donors (Lipinski definition) is 3. The number of amides is 3. The molecule has 0 radical (unpaired) electrons. The minimum Gasteiger partial charge on any atom is -0.481 e. The molecule has 0 saturated heterocycles. The van der Waals surface area contributed by atoms with Crippen LogP contribution in [-0.2, 0) is 9.59 Å². The number of benzene rings is 1. The third-order valence-corrected chi connectivity index (χ3v) is 4.28. The van der Waals surface area contributed by atoms with E-state index in [2.05, 4.69) is 10.6 Å². The van der Waals surface area contributed by atoms with E-state index in [1.165, 1.54) is 4.90 Å². The van der Waals surface area contributed by atoms with Gasteiger partial charge in [0.05, 0.1) is 12.0 Å². The van der Waals surface area contributed by atoms with Crippen molar-refractivity contribution in [3.05, 3.63) is 29.8 Å². The van der Waals surface area contributed by atoms with Gasteiger partial charge in [-0.1, -0.05) is 19.1 Å². The van der Waals surface area contributed by atoms with Gasteiger partial charge in [0.2, 0.25) is 5.91 Å². The zero-order valence-electron chi connectivity index (χ0n) is 14.8. The van der Waals surface area contributed by atoms with E-state index in [4.69, 9.17) is 5.11 Å².